The molecule has 0 spiro atoms. The lowest BCUT2D eigenvalue weighted by molar-refractivity contribution is -0.115. The Hall–Kier alpha value is -1.67. The predicted molar refractivity (Wildman–Crippen MR) is 108 cm³/mol. The second kappa shape index (κ2) is 7.15. The number of nitrogens with one attached hydrogen (secondary N) is 1. The van der Waals surface area contributed by atoms with E-state index in [4.69, 9.17) is 32.7 Å². The van der Waals surface area contributed by atoms with E-state index in [1.165, 1.54) is 11.8 Å². The molecule has 0 aliphatic carbocycles. The Morgan fingerprint density at radius 3 is 2.81 bits per heavy atom. The molecule has 26 heavy (non-hydrogen) atoms. The number of nitrogens with zero attached hydrogens (tertiary/aromatic N) is 1. The van der Waals surface area contributed by atoms with Gasteiger partial charge < -0.3 is 14.8 Å². The Balaban J connectivity index is 1.63. The van der Waals surface area contributed by atoms with Gasteiger partial charge in [0.2, 0.25) is 6.79 Å². The number of amides is 1. The van der Waals surface area contributed by atoms with Gasteiger partial charge in [-0.05, 0) is 47.7 Å². The largest absolute Gasteiger partial charge is 0.454 e. The smallest absolute Gasteiger partial charge is 0.264 e. The van der Waals surface area contributed by atoms with Crippen LogP contribution in [0.5, 0.6) is 11.5 Å². The molecule has 2 aliphatic heterocycles. The minimum Gasteiger partial charge on any atom is -0.454 e. The van der Waals surface area contributed by atoms with E-state index in [0.29, 0.717) is 37.3 Å². The fraction of sp³-hybridized carbons (Fsp3) is 0.0588. The van der Waals surface area contributed by atoms with E-state index in [1.807, 2.05) is 12.1 Å². The number of carbonyl (C=O) groups excluding carboxylic acids is 1. The molecule has 9 heteroatoms. The number of rotatable bonds is 2. The van der Waals surface area contributed by atoms with Crippen LogP contribution in [0.1, 0.15) is 5.56 Å². The maximum Gasteiger partial charge on any atom is 0.264 e. The Morgan fingerprint density at radius 1 is 1.23 bits per heavy atom. The Morgan fingerprint density at radius 2 is 2.00 bits per heavy atom. The summed E-state index contributed by atoms with van der Waals surface area (Å²) in [6.07, 6.45) is 1.76. The second-order valence-electron chi connectivity index (χ2n) is 5.28. The molecule has 132 valence electrons. The molecule has 1 saturated heterocycles. The standard InChI is InChI=1S/C17H9BrCl2N2O3S/c18-9-6-13-12(24-7-25-13)4-8(9)5-14-16(23)22-17(26-14)21-11-3-1-2-10(19)15(11)20/h1-6H,7H2,(H,21,22,23). The van der Waals surface area contributed by atoms with Gasteiger partial charge in [0.15, 0.2) is 16.7 Å². The van der Waals surface area contributed by atoms with Crippen LogP contribution in [-0.2, 0) is 4.79 Å². The van der Waals surface area contributed by atoms with Gasteiger partial charge in [0.25, 0.3) is 5.91 Å². The molecule has 0 radical (unpaired) electrons. The summed E-state index contributed by atoms with van der Waals surface area (Å²) >= 11 is 16.8. The van der Waals surface area contributed by atoms with Crippen LogP contribution in [0.3, 0.4) is 0 Å². The minimum absolute atomic E-state index is 0.189. The van der Waals surface area contributed by atoms with Crippen molar-refractivity contribution in [2.75, 3.05) is 6.79 Å². The molecule has 2 aromatic carbocycles. The Bertz CT molecular complexity index is 994. The topological polar surface area (TPSA) is 59.9 Å². The van der Waals surface area contributed by atoms with Crippen molar-refractivity contribution in [3.63, 3.8) is 0 Å². The number of halogens is 3. The first kappa shape index (κ1) is 17.7. The van der Waals surface area contributed by atoms with Crippen molar-refractivity contribution in [3.05, 3.63) is 55.3 Å². The molecule has 2 aliphatic rings. The lowest BCUT2D eigenvalue weighted by Gasteiger charge is -2.02. The summed E-state index contributed by atoms with van der Waals surface area (Å²) in [4.78, 5) is 17.1. The van der Waals surface area contributed by atoms with E-state index in [2.05, 4.69) is 26.2 Å². The van der Waals surface area contributed by atoms with Crippen LogP contribution in [0.25, 0.3) is 6.08 Å². The average Bonchev–Trinajstić information content (AvgIpc) is 3.18. The molecule has 1 N–H and O–H groups in total. The van der Waals surface area contributed by atoms with Gasteiger partial charge in [-0.15, -0.1) is 0 Å². The minimum atomic E-state index is -0.239. The van der Waals surface area contributed by atoms with Gasteiger partial charge in [-0.3, -0.25) is 4.79 Å². The van der Waals surface area contributed by atoms with Crippen LogP contribution < -0.4 is 14.8 Å². The summed E-state index contributed by atoms with van der Waals surface area (Å²) in [6, 6.07) is 8.78. The molecule has 4 rings (SSSR count). The van der Waals surface area contributed by atoms with Crippen LogP contribution >= 0.6 is 50.9 Å². The summed E-state index contributed by atoms with van der Waals surface area (Å²) in [5.74, 6) is 1.07. The lowest BCUT2D eigenvalue weighted by atomic mass is 10.2. The molecule has 0 saturated carbocycles. The van der Waals surface area contributed by atoms with Crippen LogP contribution in [0.15, 0.2) is 44.7 Å². The van der Waals surface area contributed by atoms with Crippen molar-refractivity contribution < 1.29 is 14.3 Å². The van der Waals surface area contributed by atoms with E-state index in [1.54, 1.807) is 24.3 Å². The molecule has 0 atom stereocenters. The Labute approximate surface area is 171 Å². The summed E-state index contributed by atoms with van der Waals surface area (Å²) < 4.78 is 11.5. The monoisotopic (exact) mass is 470 g/mol. The molecule has 2 aromatic rings. The van der Waals surface area contributed by atoms with Gasteiger partial charge in [-0.25, -0.2) is 4.99 Å². The number of aliphatic imine (C=N–C) groups is 1. The summed E-state index contributed by atoms with van der Waals surface area (Å²) in [6.45, 7) is 0.189. The van der Waals surface area contributed by atoms with Crippen molar-refractivity contribution in [2.45, 2.75) is 0 Å². The molecule has 1 fully saturated rings. The molecule has 5 nitrogen and oxygen atoms in total. The van der Waals surface area contributed by atoms with Crippen molar-refractivity contribution in [1.29, 1.82) is 0 Å². The third kappa shape index (κ3) is 3.44. The molecule has 0 aromatic heterocycles. The summed E-state index contributed by atoms with van der Waals surface area (Å²) in [5.41, 5.74) is 1.29. The number of hydrogen-bond acceptors (Lipinski definition) is 5. The zero-order valence-electron chi connectivity index (χ0n) is 12.9. The zero-order chi connectivity index (χ0) is 18.3. The highest BCUT2D eigenvalue weighted by atomic mass is 79.9. The van der Waals surface area contributed by atoms with Gasteiger partial charge >= 0.3 is 0 Å². The van der Waals surface area contributed by atoms with Gasteiger partial charge in [0.1, 0.15) is 0 Å². The normalized spacial score (nSPS) is 18.7. The van der Waals surface area contributed by atoms with Gasteiger partial charge in [-0.1, -0.05) is 45.2 Å². The number of hydrogen-bond donors (Lipinski definition) is 1. The first-order valence-corrected chi connectivity index (χ1v) is 9.70. The lowest BCUT2D eigenvalue weighted by Crippen LogP contribution is -2.19. The fourth-order valence-corrected chi connectivity index (χ4v) is 3.95. The molecular weight excluding hydrogens is 463 g/mol. The average molecular weight is 472 g/mol. The first-order valence-electron chi connectivity index (χ1n) is 7.34. The zero-order valence-corrected chi connectivity index (χ0v) is 16.8. The highest BCUT2D eigenvalue weighted by molar-refractivity contribution is 9.10. The number of benzene rings is 2. The number of ether oxygens (including phenoxy) is 2. The fourth-order valence-electron chi connectivity index (χ4n) is 2.35. The van der Waals surface area contributed by atoms with Crippen molar-refractivity contribution in [1.82, 2.24) is 5.32 Å². The van der Waals surface area contributed by atoms with Gasteiger partial charge in [-0.2, -0.15) is 0 Å². The first-order chi connectivity index (χ1) is 12.5. The molecule has 2 heterocycles. The third-order valence-electron chi connectivity index (χ3n) is 3.58. The third-order valence-corrected chi connectivity index (χ3v) is 5.99. The van der Waals surface area contributed by atoms with E-state index in [0.717, 1.165) is 10.0 Å². The number of thioether (sulfide) groups is 1. The summed E-state index contributed by atoms with van der Waals surface area (Å²) in [5, 5.41) is 3.90. The number of amidine groups is 1. The molecular formula is C17H9BrCl2N2O3S. The van der Waals surface area contributed by atoms with Crippen molar-refractivity contribution in [2.24, 2.45) is 4.99 Å². The SMILES string of the molecule is O=C1NC(=Nc2cccc(Cl)c2Cl)SC1=Cc1cc2c(cc1Br)OCO2. The van der Waals surface area contributed by atoms with Gasteiger partial charge in [0.05, 0.1) is 20.6 Å². The Kier molecular flexibility index (Phi) is 4.88. The van der Waals surface area contributed by atoms with E-state index < -0.39 is 0 Å². The van der Waals surface area contributed by atoms with Crippen LogP contribution in [0.4, 0.5) is 5.69 Å². The van der Waals surface area contributed by atoms with Crippen LogP contribution in [0.2, 0.25) is 10.0 Å². The molecule has 0 unspecified atom stereocenters. The highest BCUT2D eigenvalue weighted by Crippen LogP contribution is 2.39. The maximum atomic E-state index is 12.3. The quantitative estimate of drug-likeness (QED) is 0.597. The molecule has 1 amide bonds. The number of fused-ring (bicyclic) bond motifs is 1. The van der Waals surface area contributed by atoms with Crippen molar-refractivity contribution >= 4 is 73.7 Å². The van der Waals surface area contributed by atoms with Crippen molar-refractivity contribution in [3.8, 4) is 11.5 Å². The predicted octanol–water partition coefficient (Wildman–Crippen LogP) is 5.38. The van der Waals surface area contributed by atoms with Crippen LogP contribution in [0, 0.1) is 0 Å². The molecule has 0 bridgehead atoms. The van der Waals surface area contributed by atoms with Crippen LogP contribution in [-0.4, -0.2) is 17.9 Å². The number of carbonyl (C=O) groups is 1. The van der Waals surface area contributed by atoms with E-state index in [-0.39, 0.29) is 12.7 Å². The second-order valence-corrected chi connectivity index (χ2v) is 7.95. The highest BCUT2D eigenvalue weighted by Gasteiger charge is 2.25. The van der Waals surface area contributed by atoms with E-state index in [9.17, 15) is 4.79 Å². The summed E-state index contributed by atoms with van der Waals surface area (Å²) in [7, 11) is 0. The van der Waals surface area contributed by atoms with Gasteiger partial charge in [0, 0.05) is 4.47 Å². The maximum absolute atomic E-state index is 12.3. The van der Waals surface area contributed by atoms with E-state index >= 15 is 0 Å².